The molecule has 3 aromatic heterocycles. The van der Waals surface area contributed by atoms with Crippen molar-refractivity contribution in [1.29, 1.82) is 0 Å². The van der Waals surface area contributed by atoms with Crippen LogP contribution in [0.3, 0.4) is 0 Å². The molecule has 1 aliphatic rings. The van der Waals surface area contributed by atoms with Crippen molar-refractivity contribution in [3.8, 4) is 5.82 Å². The first-order valence-electron chi connectivity index (χ1n) is 7.71. The number of imidazole rings is 1. The summed E-state index contributed by atoms with van der Waals surface area (Å²) in [7, 11) is 0. The van der Waals surface area contributed by atoms with E-state index in [1.807, 2.05) is 45.3 Å². The van der Waals surface area contributed by atoms with Gasteiger partial charge in [0.25, 0.3) is 5.91 Å². The minimum absolute atomic E-state index is 0.117. The van der Waals surface area contributed by atoms with Crippen LogP contribution in [0, 0.1) is 0 Å². The van der Waals surface area contributed by atoms with Crippen molar-refractivity contribution in [2.75, 3.05) is 31.1 Å². The van der Waals surface area contributed by atoms with E-state index in [-0.39, 0.29) is 5.91 Å². The number of carbonyl (C=O) groups is 1. The van der Waals surface area contributed by atoms with E-state index in [4.69, 9.17) is 0 Å². The molecule has 0 saturated carbocycles. The number of hydrogen-bond donors (Lipinski definition) is 0. The molecule has 0 aromatic carbocycles. The number of hydrogen-bond acceptors (Lipinski definition) is 6. The zero-order valence-corrected chi connectivity index (χ0v) is 13.8. The number of thiophene rings is 1. The summed E-state index contributed by atoms with van der Waals surface area (Å²) in [4.78, 5) is 21.2. The van der Waals surface area contributed by atoms with E-state index in [1.165, 1.54) is 11.3 Å². The molecule has 0 aliphatic carbocycles. The highest BCUT2D eigenvalue weighted by Gasteiger charge is 2.23. The lowest BCUT2D eigenvalue weighted by Crippen LogP contribution is -2.49. The summed E-state index contributed by atoms with van der Waals surface area (Å²) in [5.74, 6) is 1.69. The molecule has 0 radical (unpaired) electrons. The Morgan fingerprint density at radius 1 is 1.04 bits per heavy atom. The Bertz CT molecular complexity index is 792. The van der Waals surface area contributed by atoms with Gasteiger partial charge in [-0.05, 0) is 23.6 Å². The smallest absolute Gasteiger partial charge is 0.264 e. The molecule has 122 valence electrons. The van der Waals surface area contributed by atoms with E-state index in [2.05, 4.69) is 20.1 Å². The van der Waals surface area contributed by atoms with E-state index >= 15 is 0 Å². The average molecular weight is 340 g/mol. The maximum atomic E-state index is 12.4. The molecular weight excluding hydrogens is 324 g/mol. The Balaban J connectivity index is 1.40. The van der Waals surface area contributed by atoms with Crippen LogP contribution in [0.15, 0.2) is 48.4 Å². The van der Waals surface area contributed by atoms with Crippen LogP contribution in [0.1, 0.15) is 9.67 Å². The van der Waals surface area contributed by atoms with Gasteiger partial charge in [-0.2, -0.15) is 0 Å². The van der Waals surface area contributed by atoms with Gasteiger partial charge in [-0.25, -0.2) is 4.98 Å². The highest BCUT2D eigenvalue weighted by atomic mass is 32.1. The molecule has 1 amide bonds. The normalized spacial score (nSPS) is 14.8. The number of amides is 1. The van der Waals surface area contributed by atoms with Gasteiger partial charge in [0.2, 0.25) is 0 Å². The number of aromatic nitrogens is 4. The zero-order valence-electron chi connectivity index (χ0n) is 12.9. The highest BCUT2D eigenvalue weighted by Crippen LogP contribution is 2.17. The molecule has 0 N–H and O–H groups in total. The van der Waals surface area contributed by atoms with Crippen molar-refractivity contribution in [3.63, 3.8) is 0 Å². The van der Waals surface area contributed by atoms with Gasteiger partial charge in [0.15, 0.2) is 11.6 Å². The van der Waals surface area contributed by atoms with E-state index < -0.39 is 0 Å². The predicted octanol–water partition coefficient (Wildman–Crippen LogP) is 1.69. The van der Waals surface area contributed by atoms with Gasteiger partial charge < -0.3 is 9.80 Å². The fourth-order valence-corrected chi connectivity index (χ4v) is 3.40. The van der Waals surface area contributed by atoms with Crippen LogP contribution in [-0.2, 0) is 0 Å². The minimum atomic E-state index is 0.117. The number of nitrogens with zero attached hydrogens (tertiary/aromatic N) is 6. The second-order valence-electron chi connectivity index (χ2n) is 5.48. The summed E-state index contributed by atoms with van der Waals surface area (Å²) < 4.78 is 1.81. The fourth-order valence-electron chi connectivity index (χ4n) is 2.71. The lowest BCUT2D eigenvalue weighted by molar-refractivity contribution is 0.0751. The first kappa shape index (κ1) is 14.8. The SMILES string of the molecule is O=C(c1cccs1)N1CCN(c2ccc(-n3ccnc3)nn2)CC1. The lowest BCUT2D eigenvalue weighted by atomic mass is 10.3. The van der Waals surface area contributed by atoms with Gasteiger partial charge in [-0.15, -0.1) is 21.5 Å². The van der Waals surface area contributed by atoms with Gasteiger partial charge in [0.05, 0.1) is 4.88 Å². The summed E-state index contributed by atoms with van der Waals surface area (Å²) in [6.07, 6.45) is 5.23. The highest BCUT2D eigenvalue weighted by molar-refractivity contribution is 7.12. The van der Waals surface area contributed by atoms with E-state index in [0.717, 1.165) is 29.6 Å². The van der Waals surface area contributed by atoms with Crippen LogP contribution in [0.4, 0.5) is 5.82 Å². The predicted molar refractivity (Wildman–Crippen MR) is 91.6 cm³/mol. The Morgan fingerprint density at radius 2 is 1.83 bits per heavy atom. The Hall–Kier alpha value is -2.74. The van der Waals surface area contributed by atoms with Gasteiger partial charge in [-0.1, -0.05) is 6.07 Å². The summed E-state index contributed by atoms with van der Waals surface area (Å²) in [5, 5.41) is 10.5. The third kappa shape index (κ3) is 2.88. The van der Waals surface area contributed by atoms with Crippen LogP contribution in [0.2, 0.25) is 0 Å². The van der Waals surface area contributed by atoms with Crippen molar-refractivity contribution < 1.29 is 4.79 Å². The third-order valence-electron chi connectivity index (χ3n) is 4.03. The van der Waals surface area contributed by atoms with Crippen molar-refractivity contribution in [2.45, 2.75) is 0 Å². The molecule has 24 heavy (non-hydrogen) atoms. The maximum absolute atomic E-state index is 12.4. The monoisotopic (exact) mass is 340 g/mol. The number of anilines is 1. The minimum Gasteiger partial charge on any atom is -0.352 e. The molecule has 1 aliphatic heterocycles. The number of piperazine rings is 1. The van der Waals surface area contributed by atoms with Crippen LogP contribution < -0.4 is 4.90 Å². The Labute approximate surface area is 143 Å². The van der Waals surface area contributed by atoms with Crippen LogP contribution in [0.25, 0.3) is 5.82 Å². The molecule has 0 atom stereocenters. The molecular formula is C16H16N6OS. The molecule has 0 spiro atoms. The van der Waals surface area contributed by atoms with Gasteiger partial charge >= 0.3 is 0 Å². The van der Waals surface area contributed by atoms with Crippen molar-refractivity contribution in [2.24, 2.45) is 0 Å². The van der Waals surface area contributed by atoms with Crippen molar-refractivity contribution in [1.82, 2.24) is 24.6 Å². The average Bonchev–Trinajstić information content (AvgIpc) is 3.35. The molecule has 8 heteroatoms. The Morgan fingerprint density at radius 3 is 2.46 bits per heavy atom. The Kier molecular flexibility index (Phi) is 3.96. The van der Waals surface area contributed by atoms with E-state index in [1.54, 1.807) is 12.5 Å². The largest absolute Gasteiger partial charge is 0.352 e. The standard InChI is InChI=1S/C16H16N6OS/c23-16(13-2-1-11-24-13)21-9-7-20(8-10-21)14-3-4-15(19-18-14)22-6-5-17-12-22/h1-6,11-12H,7-10H2. The first-order chi connectivity index (χ1) is 11.8. The zero-order chi connectivity index (χ0) is 16.4. The van der Waals surface area contributed by atoms with E-state index in [9.17, 15) is 4.79 Å². The molecule has 1 fully saturated rings. The second-order valence-corrected chi connectivity index (χ2v) is 6.42. The van der Waals surface area contributed by atoms with Crippen molar-refractivity contribution >= 4 is 23.1 Å². The lowest BCUT2D eigenvalue weighted by Gasteiger charge is -2.35. The fraction of sp³-hybridized carbons (Fsp3) is 0.250. The number of rotatable bonds is 3. The summed E-state index contributed by atoms with van der Waals surface area (Å²) in [5.41, 5.74) is 0. The second kappa shape index (κ2) is 6.40. The quantitative estimate of drug-likeness (QED) is 0.726. The first-order valence-corrected chi connectivity index (χ1v) is 8.59. The van der Waals surface area contributed by atoms with Gasteiger partial charge in [0.1, 0.15) is 6.33 Å². The number of carbonyl (C=O) groups excluding carboxylic acids is 1. The summed E-state index contributed by atoms with van der Waals surface area (Å²) in [6.45, 7) is 2.91. The van der Waals surface area contributed by atoms with Crippen molar-refractivity contribution in [3.05, 3.63) is 53.2 Å². The summed E-state index contributed by atoms with van der Waals surface area (Å²) in [6, 6.07) is 7.66. The molecule has 0 bridgehead atoms. The molecule has 7 nitrogen and oxygen atoms in total. The third-order valence-corrected chi connectivity index (χ3v) is 4.89. The molecule has 0 unspecified atom stereocenters. The van der Waals surface area contributed by atoms with E-state index in [0.29, 0.717) is 13.1 Å². The van der Waals surface area contributed by atoms with Crippen LogP contribution in [0.5, 0.6) is 0 Å². The van der Waals surface area contributed by atoms with Gasteiger partial charge in [0, 0.05) is 38.6 Å². The molecule has 3 aromatic rings. The van der Waals surface area contributed by atoms with Gasteiger partial charge in [-0.3, -0.25) is 9.36 Å². The maximum Gasteiger partial charge on any atom is 0.264 e. The molecule has 4 heterocycles. The topological polar surface area (TPSA) is 67.2 Å². The van der Waals surface area contributed by atoms with Crippen LogP contribution in [-0.4, -0.2) is 56.7 Å². The summed E-state index contributed by atoms with van der Waals surface area (Å²) >= 11 is 1.49. The molecule has 4 rings (SSSR count). The molecule has 1 saturated heterocycles. The van der Waals surface area contributed by atoms with Crippen LogP contribution >= 0.6 is 11.3 Å².